The van der Waals surface area contributed by atoms with Gasteiger partial charge in [0, 0.05) is 4.91 Å². The van der Waals surface area contributed by atoms with Crippen LogP contribution in [-0.2, 0) is 9.84 Å². The molecule has 0 heterocycles. The van der Waals surface area contributed by atoms with Crippen molar-refractivity contribution < 1.29 is 8.42 Å². The molecule has 82 valence electrons. The van der Waals surface area contributed by atoms with E-state index in [1.165, 1.54) is 0 Å². The Bertz CT molecular complexity index is 430. The molecule has 15 heavy (non-hydrogen) atoms. The first-order chi connectivity index (χ1) is 7.12. The van der Waals surface area contributed by atoms with Gasteiger partial charge in [-0.1, -0.05) is 38.1 Å². The van der Waals surface area contributed by atoms with E-state index in [2.05, 4.69) is 0 Å². The zero-order valence-electron chi connectivity index (χ0n) is 9.10. The Hall–Kier alpha value is -1.09. The van der Waals surface area contributed by atoms with E-state index in [4.69, 9.17) is 0 Å². The lowest BCUT2D eigenvalue weighted by molar-refractivity contribution is 0.600. The summed E-state index contributed by atoms with van der Waals surface area (Å²) in [6.45, 7) is 3.80. The molecule has 1 aromatic rings. The molecule has 1 rings (SSSR count). The van der Waals surface area contributed by atoms with Crippen LogP contribution in [0.3, 0.4) is 0 Å². The van der Waals surface area contributed by atoms with Crippen LogP contribution in [0.5, 0.6) is 0 Å². The van der Waals surface area contributed by atoms with Gasteiger partial charge in [0.2, 0.25) is 9.84 Å². The molecule has 0 atom stereocenters. The van der Waals surface area contributed by atoms with Crippen LogP contribution in [0.25, 0.3) is 0 Å². The average molecular weight is 224 g/mol. The molecule has 0 N–H and O–H groups in total. The second kappa shape index (κ2) is 5.12. The van der Waals surface area contributed by atoms with Crippen molar-refractivity contribution in [2.75, 3.05) is 0 Å². The smallest absolute Gasteiger partial charge is 0.202 e. The molecule has 0 bridgehead atoms. The molecule has 0 aliphatic heterocycles. The number of rotatable bonds is 4. The largest absolute Gasteiger partial charge is 0.219 e. The van der Waals surface area contributed by atoms with Crippen LogP contribution in [0.4, 0.5) is 0 Å². The molecule has 0 unspecified atom stereocenters. The van der Waals surface area contributed by atoms with Crippen LogP contribution in [0, 0.1) is 0 Å². The summed E-state index contributed by atoms with van der Waals surface area (Å²) in [7, 11) is -3.25. The molecule has 0 aromatic heterocycles. The minimum absolute atomic E-state index is 0.381. The van der Waals surface area contributed by atoms with Crippen molar-refractivity contribution in [2.24, 2.45) is 0 Å². The first-order valence-electron chi connectivity index (χ1n) is 5.12. The summed E-state index contributed by atoms with van der Waals surface area (Å²) in [6.07, 6.45) is 3.07. The number of hydrogen-bond acceptors (Lipinski definition) is 2. The quantitative estimate of drug-likeness (QED) is 0.787. The van der Waals surface area contributed by atoms with Crippen molar-refractivity contribution in [3.63, 3.8) is 0 Å². The molecule has 0 aliphatic carbocycles. The Kier molecular flexibility index (Phi) is 4.09. The van der Waals surface area contributed by atoms with Gasteiger partial charge in [-0.15, -0.1) is 0 Å². The van der Waals surface area contributed by atoms with Crippen LogP contribution in [0.15, 0.2) is 46.2 Å². The lowest BCUT2D eigenvalue weighted by Crippen LogP contribution is -2.04. The second-order valence-electron chi connectivity index (χ2n) is 3.25. The van der Waals surface area contributed by atoms with E-state index in [0.29, 0.717) is 16.2 Å². The Morgan fingerprint density at radius 1 is 1.20 bits per heavy atom. The molecule has 3 heteroatoms. The van der Waals surface area contributed by atoms with E-state index in [-0.39, 0.29) is 0 Å². The summed E-state index contributed by atoms with van der Waals surface area (Å²) < 4.78 is 24.2. The highest BCUT2D eigenvalue weighted by atomic mass is 32.2. The van der Waals surface area contributed by atoms with Crippen LogP contribution < -0.4 is 0 Å². The lowest BCUT2D eigenvalue weighted by Gasteiger charge is -2.06. The number of allylic oxidation sites excluding steroid dienone is 2. The van der Waals surface area contributed by atoms with Crippen LogP contribution in [0.1, 0.15) is 26.7 Å². The molecule has 0 saturated heterocycles. The highest BCUT2D eigenvalue weighted by Crippen LogP contribution is 2.21. The first kappa shape index (κ1) is 12.0. The van der Waals surface area contributed by atoms with Gasteiger partial charge < -0.3 is 0 Å². The summed E-state index contributed by atoms with van der Waals surface area (Å²) in [5, 5.41) is 0. The summed E-state index contributed by atoms with van der Waals surface area (Å²) in [6, 6.07) is 8.56. The fourth-order valence-corrected chi connectivity index (χ4v) is 3.01. The van der Waals surface area contributed by atoms with Crippen LogP contribution in [0.2, 0.25) is 0 Å². The predicted octanol–water partition coefficient (Wildman–Crippen LogP) is 3.16. The topological polar surface area (TPSA) is 34.1 Å². The summed E-state index contributed by atoms with van der Waals surface area (Å²) in [5.74, 6) is 0. The van der Waals surface area contributed by atoms with Gasteiger partial charge in [-0.3, -0.25) is 0 Å². The molecule has 0 radical (unpaired) electrons. The molecule has 0 aliphatic rings. The molecule has 1 aromatic carbocycles. The van der Waals surface area contributed by atoms with E-state index in [9.17, 15) is 8.42 Å². The van der Waals surface area contributed by atoms with Gasteiger partial charge >= 0.3 is 0 Å². The number of sulfone groups is 1. The van der Waals surface area contributed by atoms with Crippen molar-refractivity contribution in [3.05, 3.63) is 41.3 Å². The third kappa shape index (κ3) is 2.69. The standard InChI is InChI=1S/C12H16O2S/c1-3-8-11(4-2)15(13,14)12-9-6-5-7-10-12/h5-10H,3-4H2,1-2H3/b11-8+. The lowest BCUT2D eigenvalue weighted by atomic mass is 10.3. The van der Waals surface area contributed by atoms with Gasteiger partial charge in [-0.2, -0.15) is 0 Å². The van der Waals surface area contributed by atoms with Gasteiger partial charge in [0.25, 0.3) is 0 Å². The van der Waals surface area contributed by atoms with Crippen molar-refractivity contribution in [1.82, 2.24) is 0 Å². The van der Waals surface area contributed by atoms with E-state index >= 15 is 0 Å². The SMILES string of the molecule is CC/C=C(\CC)S(=O)(=O)c1ccccc1. The average Bonchev–Trinajstić information content (AvgIpc) is 2.27. The Balaban J connectivity index is 3.19. The minimum atomic E-state index is -3.25. The first-order valence-corrected chi connectivity index (χ1v) is 6.60. The Morgan fingerprint density at radius 3 is 2.27 bits per heavy atom. The molecule has 0 saturated carbocycles. The normalized spacial score (nSPS) is 12.8. The molecule has 0 spiro atoms. The predicted molar refractivity (Wildman–Crippen MR) is 62.3 cm³/mol. The summed E-state index contributed by atoms with van der Waals surface area (Å²) in [4.78, 5) is 0.891. The highest BCUT2D eigenvalue weighted by molar-refractivity contribution is 7.95. The summed E-state index contributed by atoms with van der Waals surface area (Å²) >= 11 is 0. The highest BCUT2D eigenvalue weighted by Gasteiger charge is 2.17. The molecule has 2 nitrogen and oxygen atoms in total. The van der Waals surface area contributed by atoms with Crippen molar-refractivity contribution >= 4 is 9.84 Å². The van der Waals surface area contributed by atoms with Gasteiger partial charge in [0.05, 0.1) is 4.90 Å². The number of hydrogen-bond donors (Lipinski definition) is 0. The zero-order valence-corrected chi connectivity index (χ0v) is 9.92. The third-order valence-electron chi connectivity index (χ3n) is 2.18. The van der Waals surface area contributed by atoms with Crippen molar-refractivity contribution in [2.45, 2.75) is 31.6 Å². The minimum Gasteiger partial charge on any atom is -0.219 e. The van der Waals surface area contributed by atoms with Crippen LogP contribution in [-0.4, -0.2) is 8.42 Å². The molecular formula is C12H16O2S. The Morgan fingerprint density at radius 2 is 1.80 bits per heavy atom. The van der Waals surface area contributed by atoms with Gasteiger partial charge in [0.15, 0.2) is 0 Å². The maximum absolute atomic E-state index is 12.1. The van der Waals surface area contributed by atoms with E-state index in [1.54, 1.807) is 30.3 Å². The van der Waals surface area contributed by atoms with E-state index in [1.807, 2.05) is 19.9 Å². The fourth-order valence-electron chi connectivity index (χ4n) is 1.42. The monoisotopic (exact) mass is 224 g/mol. The molecule has 0 fully saturated rings. The summed E-state index contributed by atoms with van der Waals surface area (Å²) in [5.41, 5.74) is 0. The fraction of sp³-hybridized carbons (Fsp3) is 0.333. The van der Waals surface area contributed by atoms with Gasteiger partial charge in [-0.25, -0.2) is 8.42 Å². The molecule has 0 amide bonds. The van der Waals surface area contributed by atoms with Crippen molar-refractivity contribution in [1.29, 1.82) is 0 Å². The van der Waals surface area contributed by atoms with E-state index < -0.39 is 9.84 Å². The maximum Gasteiger partial charge on any atom is 0.202 e. The Labute approximate surface area is 91.6 Å². The maximum atomic E-state index is 12.1. The molecular weight excluding hydrogens is 208 g/mol. The van der Waals surface area contributed by atoms with E-state index in [0.717, 1.165) is 6.42 Å². The van der Waals surface area contributed by atoms with Gasteiger partial charge in [0.1, 0.15) is 0 Å². The van der Waals surface area contributed by atoms with Crippen LogP contribution >= 0.6 is 0 Å². The van der Waals surface area contributed by atoms with Gasteiger partial charge in [-0.05, 0) is 25.0 Å². The second-order valence-corrected chi connectivity index (χ2v) is 5.25. The third-order valence-corrected chi connectivity index (χ3v) is 4.22. The number of benzene rings is 1. The zero-order chi connectivity index (χ0) is 11.3. The van der Waals surface area contributed by atoms with Crippen molar-refractivity contribution in [3.8, 4) is 0 Å².